The quantitative estimate of drug-likeness (QED) is 0.657. The summed E-state index contributed by atoms with van der Waals surface area (Å²) in [5, 5.41) is 4.37. The molecule has 0 bridgehead atoms. The van der Waals surface area contributed by atoms with Gasteiger partial charge >= 0.3 is 0 Å². The average Bonchev–Trinajstić information content (AvgIpc) is 2.34. The molecule has 0 spiro atoms. The van der Waals surface area contributed by atoms with Crippen LogP contribution >= 0.6 is 23.4 Å². The summed E-state index contributed by atoms with van der Waals surface area (Å²) < 4.78 is 0. The second-order valence-corrected chi connectivity index (χ2v) is 4.60. The first-order valence-corrected chi connectivity index (χ1v) is 6.38. The molecule has 2 aromatic heterocycles. The van der Waals surface area contributed by atoms with E-state index in [1.807, 2.05) is 6.92 Å². The fourth-order valence-electron chi connectivity index (χ4n) is 1.16. The zero-order valence-corrected chi connectivity index (χ0v) is 11.0. The predicted octanol–water partition coefficient (Wildman–Crippen LogP) is 1.80. The van der Waals surface area contributed by atoms with Crippen molar-refractivity contribution in [1.82, 2.24) is 19.9 Å². The van der Waals surface area contributed by atoms with E-state index in [-0.39, 0.29) is 5.56 Å². The van der Waals surface area contributed by atoms with Crippen LogP contribution in [0.3, 0.4) is 0 Å². The van der Waals surface area contributed by atoms with Crippen molar-refractivity contribution in [2.45, 2.75) is 17.1 Å². The van der Waals surface area contributed by atoms with Crippen molar-refractivity contribution in [2.75, 3.05) is 11.9 Å². The minimum absolute atomic E-state index is 0.218. The maximum absolute atomic E-state index is 11.1. The molecule has 2 aromatic rings. The summed E-state index contributed by atoms with van der Waals surface area (Å²) >= 11 is 7.17. The zero-order valence-electron chi connectivity index (χ0n) is 9.48. The Bertz CT molecular complexity index is 603. The van der Waals surface area contributed by atoms with Crippen LogP contribution in [-0.2, 0) is 0 Å². The maximum atomic E-state index is 11.1. The van der Waals surface area contributed by atoms with Gasteiger partial charge in [-0.15, -0.1) is 0 Å². The van der Waals surface area contributed by atoms with E-state index in [2.05, 4.69) is 25.3 Å². The molecule has 2 N–H and O–H groups in total. The summed E-state index contributed by atoms with van der Waals surface area (Å²) in [7, 11) is 0. The topological polar surface area (TPSA) is 83.6 Å². The summed E-state index contributed by atoms with van der Waals surface area (Å²) in [6.07, 6.45) is 2.94. The molecule has 0 saturated carbocycles. The molecule has 18 heavy (non-hydrogen) atoms. The van der Waals surface area contributed by atoms with Crippen molar-refractivity contribution in [3.8, 4) is 0 Å². The Morgan fingerprint density at radius 1 is 1.50 bits per heavy atom. The van der Waals surface area contributed by atoms with E-state index in [1.54, 1.807) is 0 Å². The lowest BCUT2D eigenvalue weighted by Crippen LogP contribution is -2.06. The fraction of sp³-hybridized carbons (Fsp3) is 0.200. The molecular formula is C10H10ClN5OS. The van der Waals surface area contributed by atoms with Gasteiger partial charge in [0.1, 0.15) is 5.03 Å². The third kappa shape index (κ3) is 3.21. The largest absolute Gasteiger partial charge is 0.354 e. The van der Waals surface area contributed by atoms with Crippen LogP contribution < -0.4 is 10.9 Å². The normalized spacial score (nSPS) is 10.3. The highest BCUT2D eigenvalue weighted by molar-refractivity contribution is 7.99. The number of nitrogens with zero attached hydrogens (tertiary/aromatic N) is 3. The molecule has 0 aromatic carbocycles. The van der Waals surface area contributed by atoms with E-state index >= 15 is 0 Å². The highest BCUT2D eigenvalue weighted by Gasteiger charge is 2.08. The van der Waals surface area contributed by atoms with Crippen LogP contribution in [0.1, 0.15) is 6.92 Å². The van der Waals surface area contributed by atoms with Crippen molar-refractivity contribution in [2.24, 2.45) is 0 Å². The van der Waals surface area contributed by atoms with Gasteiger partial charge in [-0.3, -0.25) is 4.79 Å². The predicted molar refractivity (Wildman–Crippen MR) is 70.2 cm³/mol. The van der Waals surface area contributed by atoms with E-state index in [1.165, 1.54) is 30.2 Å². The molecule has 2 heterocycles. The van der Waals surface area contributed by atoms with E-state index in [0.717, 1.165) is 0 Å². The first-order chi connectivity index (χ1) is 8.69. The average molecular weight is 284 g/mol. The maximum Gasteiger partial charge on any atom is 0.251 e. The molecule has 0 fully saturated rings. The molecule has 0 aliphatic rings. The lowest BCUT2D eigenvalue weighted by Gasteiger charge is -2.05. The van der Waals surface area contributed by atoms with E-state index in [4.69, 9.17) is 11.6 Å². The van der Waals surface area contributed by atoms with Crippen LogP contribution in [0.25, 0.3) is 0 Å². The highest BCUT2D eigenvalue weighted by Crippen LogP contribution is 2.28. The second-order valence-electron chi connectivity index (χ2n) is 3.22. The Hall–Kier alpha value is -1.60. The second kappa shape index (κ2) is 5.83. The third-order valence-corrected chi connectivity index (χ3v) is 3.18. The number of hydrogen-bond acceptors (Lipinski definition) is 6. The zero-order chi connectivity index (χ0) is 13.0. The number of rotatable bonds is 4. The van der Waals surface area contributed by atoms with Crippen LogP contribution in [0.2, 0.25) is 5.02 Å². The molecule has 0 aliphatic carbocycles. The van der Waals surface area contributed by atoms with Crippen molar-refractivity contribution >= 4 is 29.3 Å². The minimum atomic E-state index is -0.218. The van der Waals surface area contributed by atoms with E-state index in [0.29, 0.717) is 27.7 Å². The van der Waals surface area contributed by atoms with E-state index in [9.17, 15) is 4.79 Å². The number of H-pyrrole nitrogens is 1. The van der Waals surface area contributed by atoms with Gasteiger partial charge in [0.15, 0.2) is 5.16 Å². The number of anilines is 1. The Morgan fingerprint density at radius 3 is 3.06 bits per heavy atom. The van der Waals surface area contributed by atoms with E-state index < -0.39 is 0 Å². The first-order valence-electron chi connectivity index (χ1n) is 5.18. The van der Waals surface area contributed by atoms with Gasteiger partial charge in [0, 0.05) is 18.8 Å². The Kier molecular flexibility index (Phi) is 4.16. The standard InChI is InChI=1S/C10H10ClN5OS/c1-2-12-9-14-5-6(11)8(16-9)18-10-13-4-3-7(17)15-10/h3-5H,2H2,1H3,(H,12,14,16)(H,13,15,17). The van der Waals surface area contributed by atoms with Gasteiger partial charge < -0.3 is 10.3 Å². The summed E-state index contributed by atoms with van der Waals surface area (Å²) in [5.74, 6) is 0.489. The molecule has 6 nitrogen and oxygen atoms in total. The SMILES string of the molecule is CCNc1ncc(Cl)c(Sc2nccc(=O)[nH]2)n1. The third-order valence-electron chi connectivity index (χ3n) is 1.89. The fourth-order valence-corrected chi connectivity index (χ4v) is 2.10. The Morgan fingerprint density at radius 2 is 2.33 bits per heavy atom. The number of aromatic nitrogens is 4. The van der Waals surface area contributed by atoms with Gasteiger partial charge in [0.2, 0.25) is 5.95 Å². The van der Waals surface area contributed by atoms with Gasteiger partial charge in [0.25, 0.3) is 5.56 Å². The molecule has 0 saturated heterocycles. The van der Waals surface area contributed by atoms with Crippen LogP contribution in [0.5, 0.6) is 0 Å². The molecule has 0 aliphatic heterocycles. The smallest absolute Gasteiger partial charge is 0.251 e. The lowest BCUT2D eigenvalue weighted by atomic mass is 10.6. The molecule has 2 rings (SSSR count). The van der Waals surface area contributed by atoms with Crippen molar-refractivity contribution in [3.05, 3.63) is 33.8 Å². The molecule has 0 radical (unpaired) electrons. The molecule has 0 atom stereocenters. The number of hydrogen-bond donors (Lipinski definition) is 2. The van der Waals surface area contributed by atoms with Gasteiger partial charge in [-0.05, 0) is 18.7 Å². The monoisotopic (exact) mass is 283 g/mol. The summed E-state index contributed by atoms with van der Waals surface area (Å²) in [5.41, 5.74) is -0.218. The van der Waals surface area contributed by atoms with Gasteiger partial charge in [-0.2, -0.15) is 0 Å². The van der Waals surface area contributed by atoms with Crippen molar-refractivity contribution < 1.29 is 0 Å². The van der Waals surface area contributed by atoms with Crippen LogP contribution in [-0.4, -0.2) is 26.5 Å². The van der Waals surface area contributed by atoms with Crippen molar-refractivity contribution in [1.29, 1.82) is 0 Å². The Labute approximate surface area is 112 Å². The minimum Gasteiger partial charge on any atom is -0.354 e. The summed E-state index contributed by atoms with van der Waals surface area (Å²) in [4.78, 5) is 26.0. The molecule has 8 heteroatoms. The number of halogens is 1. The number of aromatic amines is 1. The van der Waals surface area contributed by atoms with Gasteiger partial charge in [0.05, 0.1) is 11.2 Å². The summed E-state index contributed by atoms with van der Waals surface area (Å²) in [6, 6.07) is 1.34. The molecule has 0 unspecified atom stereocenters. The Balaban J connectivity index is 2.27. The lowest BCUT2D eigenvalue weighted by molar-refractivity contribution is 0.928. The van der Waals surface area contributed by atoms with Crippen LogP contribution in [0, 0.1) is 0 Å². The van der Waals surface area contributed by atoms with Crippen LogP contribution in [0.4, 0.5) is 5.95 Å². The van der Waals surface area contributed by atoms with Gasteiger partial charge in [-0.1, -0.05) is 11.6 Å². The van der Waals surface area contributed by atoms with Crippen LogP contribution in [0.15, 0.2) is 33.4 Å². The molecular weight excluding hydrogens is 274 g/mol. The first kappa shape index (κ1) is 12.8. The number of nitrogens with one attached hydrogen (secondary N) is 2. The molecule has 94 valence electrons. The van der Waals surface area contributed by atoms with Crippen molar-refractivity contribution in [3.63, 3.8) is 0 Å². The summed E-state index contributed by atoms with van der Waals surface area (Å²) in [6.45, 7) is 2.66. The highest BCUT2D eigenvalue weighted by atomic mass is 35.5. The van der Waals surface area contributed by atoms with Gasteiger partial charge in [-0.25, -0.2) is 15.0 Å². The molecule has 0 amide bonds.